The molecule has 0 aliphatic heterocycles. The number of aliphatic hydroxyl groups excluding tert-OH is 2. The first kappa shape index (κ1) is 10.7. The molecule has 0 aliphatic rings. The van der Waals surface area contributed by atoms with Gasteiger partial charge in [-0.3, -0.25) is 4.70 Å². The first-order valence-corrected chi connectivity index (χ1v) is 2.13. The highest BCUT2D eigenvalue weighted by Crippen LogP contribution is 1.91. The summed E-state index contributed by atoms with van der Waals surface area (Å²) >= 11 is 0. The second-order valence-electron chi connectivity index (χ2n) is 1.97. The molecule has 0 aromatic carbocycles. The van der Waals surface area contributed by atoms with Crippen LogP contribution in [0.1, 0.15) is 6.92 Å². The molecule has 8 heavy (non-hydrogen) atoms. The first-order chi connectivity index (χ1) is 3.12. The molecule has 0 aliphatic carbocycles. The van der Waals surface area contributed by atoms with Crippen LogP contribution in [0.25, 0.3) is 0 Å². The molecule has 0 spiro atoms. The van der Waals surface area contributed by atoms with Crippen molar-refractivity contribution in [2.24, 2.45) is 5.73 Å². The van der Waals surface area contributed by atoms with E-state index in [9.17, 15) is 0 Å². The third kappa shape index (κ3) is 3.98. The first-order valence-electron chi connectivity index (χ1n) is 2.13. The molecule has 0 saturated carbocycles. The zero-order valence-corrected chi connectivity index (χ0v) is 4.79. The summed E-state index contributed by atoms with van der Waals surface area (Å²) in [4.78, 5) is 0. The third-order valence-electron chi connectivity index (χ3n) is 0.722. The van der Waals surface area contributed by atoms with E-state index in [4.69, 9.17) is 15.9 Å². The fraction of sp³-hybridized carbons (Fsp3) is 1.00. The molecule has 0 radical (unpaired) electrons. The van der Waals surface area contributed by atoms with Crippen molar-refractivity contribution >= 4 is 0 Å². The maximum atomic E-state index is 8.31. The average Bonchev–Trinajstić information content (AvgIpc) is 1.68. The fourth-order valence-corrected chi connectivity index (χ4v) is 0.0500. The second kappa shape index (κ2) is 3.77. The largest absolute Gasteiger partial charge is 0.394 e. The predicted molar refractivity (Wildman–Crippen MR) is 29.3 cm³/mol. The van der Waals surface area contributed by atoms with Gasteiger partial charge in [0.1, 0.15) is 0 Å². The lowest BCUT2D eigenvalue weighted by molar-refractivity contribution is 0.134. The van der Waals surface area contributed by atoms with Crippen LogP contribution in [0.2, 0.25) is 0 Å². The van der Waals surface area contributed by atoms with E-state index in [0.29, 0.717) is 0 Å². The highest BCUT2D eigenvalue weighted by atomic mass is 19.0. The van der Waals surface area contributed by atoms with Crippen molar-refractivity contribution in [3.05, 3.63) is 0 Å². The number of rotatable bonds is 2. The average molecular weight is 125 g/mol. The van der Waals surface area contributed by atoms with Gasteiger partial charge in [-0.2, -0.15) is 0 Å². The highest BCUT2D eigenvalue weighted by Gasteiger charge is 2.13. The van der Waals surface area contributed by atoms with E-state index in [1.54, 1.807) is 6.92 Å². The van der Waals surface area contributed by atoms with Gasteiger partial charge >= 0.3 is 0 Å². The molecule has 0 rings (SSSR count). The molecule has 52 valence electrons. The summed E-state index contributed by atoms with van der Waals surface area (Å²) in [5.41, 5.74) is 4.41. The number of aliphatic hydroxyl groups is 2. The van der Waals surface area contributed by atoms with Crippen molar-refractivity contribution in [2.45, 2.75) is 12.5 Å². The Morgan fingerprint density at radius 2 is 1.62 bits per heavy atom. The van der Waals surface area contributed by atoms with Gasteiger partial charge < -0.3 is 15.9 Å². The van der Waals surface area contributed by atoms with Crippen LogP contribution in [0, 0.1) is 0 Å². The number of halogens is 1. The molecule has 0 amide bonds. The van der Waals surface area contributed by atoms with E-state index in [-0.39, 0.29) is 17.9 Å². The Kier molecular flexibility index (Phi) is 5.05. The SMILES string of the molecule is CC(N)(CO)CO.F. The van der Waals surface area contributed by atoms with Gasteiger partial charge in [-0.25, -0.2) is 0 Å². The maximum absolute atomic E-state index is 8.31. The Balaban J connectivity index is 0. The summed E-state index contributed by atoms with van der Waals surface area (Å²) in [6, 6.07) is 0. The quantitative estimate of drug-likeness (QED) is 0.436. The Bertz CT molecular complexity index is 52.0. The topological polar surface area (TPSA) is 66.5 Å². The van der Waals surface area contributed by atoms with E-state index < -0.39 is 5.54 Å². The van der Waals surface area contributed by atoms with Crippen molar-refractivity contribution in [1.82, 2.24) is 0 Å². The number of hydrogen-bond acceptors (Lipinski definition) is 3. The predicted octanol–water partition coefficient (Wildman–Crippen LogP) is -1.16. The lowest BCUT2D eigenvalue weighted by atomic mass is 10.1. The van der Waals surface area contributed by atoms with Crippen LogP contribution in [0.4, 0.5) is 4.70 Å². The van der Waals surface area contributed by atoms with Gasteiger partial charge in [0, 0.05) is 0 Å². The molecule has 0 saturated heterocycles. The molecule has 0 aromatic heterocycles. The summed E-state index contributed by atoms with van der Waals surface area (Å²) in [6.07, 6.45) is 0. The van der Waals surface area contributed by atoms with Crippen LogP contribution >= 0.6 is 0 Å². The third-order valence-corrected chi connectivity index (χ3v) is 0.722. The van der Waals surface area contributed by atoms with Crippen LogP contribution in [0.3, 0.4) is 0 Å². The molecule has 4 N–H and O–H groups in total. The van der Waals surface area contributed by atoms with Crippen LogP contribution in [-0.2, 0) is 0 Å². The highest BCUT2D eigenvalue weighted by molar-refractivity contribution is 4.74. The molecule has 0 fully saturated rings. The fourth-order valence-electron chi connectivity index (χ4n) is 0.0500. The van der Waals surface area contributed by atoms with E-state index in [0.717, 1.165) is 0 Å². The van der Waals surface area contributed by atoms with E-state index >= 15 is 0 Å². The van der Waals surface area contributed by atoms with Crippen LogP contribution < -0.4 is 5.73 Å². The van der Waals surface area contributed by atoms with Gasteiger partial charge in [0.2, 0.25) is 0 Å². The molecule has 3 nitrogen and oxygen atoms in total. The summed E-state index contributed by atoms with van der Waals surface area (Å²) in [7, 11) is 0. The van der Waals surface area contributed by atoms with E-state index in [1.807, 2.05) is 0 Å². The monoisotopic (exact) mass is 125 g/mol. The normalized spacial score (nSPS) is 10.5. The molecule has 4 heteroatoms. The summed E-state index contributed by atoms with van der Waals surface area (Å²) < 4.78 is 0. The molecular formula is C4H12FNO2. The number of nitrogens with two attached hydrogens (primary N) is 1. The van der Waals surface area contributed by atoms with Crippen LogP contribution in [0.15, 0.2) is 0 Å². The minimum atomic E-state index is -0.806. The van der Waals surface area contributed by atoms with Crippen molar-refractivity contribution in [2.75, 3.05) is 13.2 Å². The Labute approximate surface area is 47.5 Å². The van der Waals surface area contributed by atoms with Gasteiger partial charge in [-0.15, -0.1) is 0 Å². The summed E-state index contributed by atoms with van der Waals surface area (Å²) in [5, 5.41) is 16.6. The smallest absolute Gasteiger partial charge is 0.0631 e. The summed E-state index contributed by atoms with van der Waals surface area (Å²) in [6.45, 7) is 1.22. The minimum Gasteiger partial charge on any atom is -0.394 e. The standard InChI is InChI=1S/C4H11NO2.FH/c1-4(5,2-6)3-7;/h6-7H,2-3,5H2,1H3;1H. The van der Waals surface area contributed by atoms with Crippen molar-refractivity contribution in [3.63, 3.8) is 0 Å². The Hall–Kier alpha value is -0.190. The molecule has 0 bridgehead atoms. The van der Waals surface area contributed by atoms with Gasteiger partial charge in [0.25, 0.3) is 0 Å². The van der Waals surface area contributed by atoms with E-state index in [2.05, 4.69) is 0 Å². The molecule has 0 unspecified atom stereocenters. The zero-order valence-electron chi connectivity index (χ0n) is 4.79. The number of hydrogen-bond donors (Lipinski definition) is 3. The van der Waals surface area contributed by atoms with Crippen LogP contribution in [-0.4, -0.2) is 29.0 Å². The molecular weight excluding hydrogens is 113 g/mol. The van der Waals surface area contributed by atoms with Gasteiger partial charge in [0.15, 0.2) is 0 Å². The van der Waals surface area contributed by atoms with Crippen LogP contribution in [0.5, 0.6) is 0 Å². The maximum Gasteiger partial charge on any atom is 0.0631 e. The van der Waals surface area contributed by atoms with Gasteiger partial charge in [0.05, 0.1) is 18.8 Å². The Morgan fingerprint density at radius 1 is 1.38 bits per heavy atom. The van der Waals surface area contributed by atoms with Gasteiger partial charge in [-0.1, -0.05) is 0 Å². The minimum absolute atomic E-state index is 0. The second-order valence-corrected chi connectivity index (χ2v) is 1.97. The Morgan fingerprint density at radius 3 is 1.62 bits per heavy atom. The lowest BCUT2D eigenvalue weighted by Crippen LogP contribution is -2.43. The zero-order chi connectivity index (χ0) is 5.91. The van der Waals surface area contributed by atoms with Crippen molar-refractivity contribution < 1.29 is 14.9 Å². The van der Waals surface area contributed by atoms with E-state index in [1.165, 1.54) is 0 Å². The molecule has 0 atom stereocenters. The van der Waals surface area contributed by atoms with Crippen molar-refractivity contribution in [1.29, 1.82) is 0 Å². The molecule has 0 aromatic rings. The van der Waals surface area contributed by atoms with Gasteiger partial charge in [-0.05, 0) is 6.92 Å². The van der Waals surface area contributed by atoms with Crippen molar-refractivity contribution in [3.8, 4) is 0 Å². The lowest BCUT2D eigenvalue weighted by Gasteiger charge is -2.16. The molecule has 0 heterocycles. The summed E-state index contributed by atoms with van der Waals surface area (Å²) in [5.74, 6) is 0.